The monoisotopic (exact) mass is 330 g/mol. The summed E-state index contributed by atoms with van der Waals surface area (Å²) in [6.07, 6.45) is 9.34. The molecule has 1 aliphatic heterocycles. The molecule has 0 fully saturated rings. The first kappa shape index (κ1) is 15.1. The van der Waals surface area contributed by atoms with Gasteiger partial charge in [-0.05, 0) is 42.3 Å². The number of halogens is 1. The second-order valence-corrected chi connectivity index (χ2v) is 6.56. The second-order valence-electron chi connectivity index (χ2n) is 4.96. The standard InChI is InChI=1S/C17H15ClN2OS/c18-14-5-3-13(4-6-14)12-17(21)20-10-9-15(19-20)7-8-16-2-1-11-22-16/h2-10H,1,11-12H2/b8-7+. The molecule has 0 N–H and O–H groups in total. The zero-order valence-corrected chi connectivity index (χ0v) is 13.5. The van der Waals surface area contributed by atoms with Crippen LogP contribution in [0.5, 0.6) is 0 Å². The Morgan fingerprint density at radius 1 is 1.27 bits per heavy atom. The molecule has 0 spiro atoms. The third-order valence-corrected chi connectivity index (χ3v) is 4.61. The van der Waals surface area contributed by atoms with Crippen molar-refractivity contribution in [2.24, 2.45) is 0 Å². The van der Waals surface area contributed by atoms with Crippen molar-refractivity contribution in [3.63, 3.8) is 0 Å². The van der Waals surface area contributed by atoms with E-state index in [1.165, 1.54) is 9.59 Å². The highest BCUT2D eigenvalue weighted by Gasteiger charge is 2.08. The van der Waals surface area contributed by atoms with E-state index in [1.54, 1.807) is 18.3 Å². The molecule has 1 aliphatic rings. The van der Waals surface area contributed by atoms with Gasteiger partial charge >= 0.3 is 0 Å². The molecule has 1 aromatic heterocycles. The molecular weight excluding hydrogens is 316 g/mol. The molecule has 0 radical (unpaired) electrons. The normalized spacial score (nSPS) is 14.5. The summed E-state index contributed by atoms with van der Waals surface area (Å²) in [4.78, 5) is 13.5. The van der Waals surface area contributed by atoms with Crippen LogP contribution in [0.4, 0.5) is 0 Å². The summed E-state index contributed by atoms with van der Waals surface area (Å²) < 4.78 is 1.39. The molecule has 5 heteroatoms. The minimum Gasteiger partial charge on any atom is -0.272 e. The number of allylic oxidation sites excluding steroid dienone is 2. The Morgan fingerprint density at radius 3 is 2.82 bits per heavy atom. The fraction of sp³-hybridized carbons (Fsp3) is 0.176. The molecule has 0 unspecified atom stereocenters. The number of thioether (sulfide) groups is 1. The van der Waals surface area contributed by atoms with Crippen LogP contribution in [0.1, 0.15) is 22.5 Å². The van der Waals surface area contributed by atoms with Crippen LogP contribution in [-0.4, -0.2) is 21.4 Å². The third-order valence-electron chi connectivity index (χ3n) is 3.28. The van der Waals surface area contributed by atoms with E-state index in [2.05, 4.69) is 11.2 Å². The average molecular weight is 331 g/mol. The van der Waals surface area contributed by atoms with Gasteiger partial charge in [-0.3, -0.25) is 4.79 Å². The van der Waals surface area contributed by atoms with Crippen molar-refractivity contribution in [2.75, 3.05) is 5.75 Å². The van der Waals surface area contributed by atoms with E-state index in [1.807, 2.05) is 42.1 Å². The molecule has 0 aliphatic carbocycles. The Bertz CT molecular complexity index is 731. The summed E-state index contributed by atoms with van der Waals surface area (Å²) in [5, 5.41) is 4.97. The second kappa shape index (κ2) is 6.99. The lowest BCUT2D eigenvalue weighted by Gasteiger charge is -2.01. The summed E-state index contributed by atoms with van der Waals surface area (Å²) in [5.41, 5.74) is 1.72. The van der Waals surface area contributed by atoms with E-state index in [4.69, 9.17) is 11.6 Å². The highest BCUT2D eigenvalue weighted by Crippen LogP contribution is 2.26. The van der Waals surface area contributed by atoms with Crippen molar-refractivity contribution < 1.29 is 4.79 Å². The van der Waals surface area contributed by atoms with Crippen LogP contribution in [0.25, 0.3) is 6.08 Å². The van der Waals surface area contributed by atoms with Crippen LogP contribution in [-0.2, 0) is 6.42 Å². The Kier molecular flexibility index (Phi) is 4.80. The van der Waals surface area contributed by atoms with Gasteiger partial charge in [-0.25, -0.2) is 4.68 Å². The first-order chi connectivity index (χ1) is 10.7. The Morgan fingerprint density at radius 2 is 2.09 bits per heavy atom. The molecule has 0 saturated carbocycles. The quantitative estimate of drug-likeness (QED) is 0.830. The Hall–Kier alpha value is -1.78. The average Bonchev–Trinajstić information content (AvgIpc) is 3.18. The van der Waals surface area contributed by atoms with Crippen molar-refractivity contribution in [1.82, 2.24) is 9.78 Å². The highest BCUT2D eigenvalue weighted by molar-refractivity contribution is 8.03. The molecule has 1 aromatic carbocycles. The maximum Gasteiger partial charge on any atom is 0.251 e. The van der Waals surface area contributed by atoms with Gasteiger partial charge in [-0.2, -0.15) is 5.10 Å². The van der Waals surface area contributed by atoms with E-state index in [0.717, 1.165) is 23.4 Å². The molecule has 0 bridgehead atoms. The van der Waals surface area contributed by atoms with Crippen molar-refractivity contribution in [1.29, 1.82) is 0 Å². The van der Waals surface area contributed by atoms with Crippen molar-refractivity contribution in [2.45, 2.75) is 12.8 Å². The summed E-state index contributed by atoms with van der Waals surface area (Å²) in [6.45, 7) is 0. The fourth-order valence-corrected chi connectivity index (χ4v) is 3.14. The number of rotatable bonds is 4. The van der Waals surface area contributed by atoms with Gasteiger partial charge in [0.05, 0.1) is 12.1 Å². The van der Waals surface area contributed by atoms with E-state index in [0.29, 0.717) is 11.4 Å². The molecule has 22 heavy (non-hydrogen) atoms. The fourth-order valence-electron chi connectivity index (χ4n) is 2.14. The molecule has 3 nitrogen and oxygen atoms in total. The molecule has 3 rings (SSSR count). The zero-order valence-electron chi connectivity index (χ0n) is 11.9. The van der Waals surface area contributed by atoms with Gasteiger partial charge in [0.15, 0.2) is 0 Å². The minimum atomic E-state index is -0.0589. The number of hydrogen-bond donors (Lipinski definition) is 0. The number of aromatic nitrogens is 2. The Labute approximate surface area is 138 Å². The molecule has 112 valence electrons. The lowest BCUT2D eigenvalue weighted by molar-refractivity contribution is 0.0898. The molecule has 0 amide bonds. The van der Waals surface area contributed by atoms with Crippen LogP contribution in [0.3, 0.4) is 0 Å². The smallest absolute Gasteiger partial charge is 0.251 e. The summed E-state index contributed by atoms with van der Waals surface area (Å²) >= 11 is 7.68. The van der Waals surface area contributed by atoms with Crippen LogP contribution >= 0.6 is 23.4 Å². The van der Waals surface area contributed by atoms with E-state index >= 15 is 0 Å². The van der Waals surface area contributed by atoms with Crippen molar-refractivity contribution in [3.05, 3.63) is 69.9 Å². The van der Waals surface area contributed by atoms with Gasteiger partial charge in [0.1, 0.15) is 0 Å². The molecule has 2 heterocycles. The van der Waals surface area contributed by atoms with Gasteiger partial charge in [0.25, 0.3) is 5.91 Å². The van der Waals surface area contributed by atoms with E-state index < -0.39 is 0 Å². The lowest BCUT2D eigenvalue weighted by atomic mass is 10.1. The Balaban J connectivity index is 1.65. The largest absolute Gasteiger partial charge is 0.272 e. The van der Waals surface area contributed by atoms with Crippen LogP contribution < -0.4 is 0 Å². The molecule has 0 atom stereocenters. The number of hydrogen-bond acceptors (Lipinski definition) is 3. The SMILES string of the molecule is O=C(Cc1ccc(Cl)cc1)n1ccc(/C=C/C2=CCCS2)n1. The third kappa shape index (κ3) is 3.90. The van der Waals surface area contributed by atoms with Crippen molar-refractivity contribution in [3.8, 4) is 0 Å². The lowest BCUT2D eigenvalue weighted by Crippen LogP contribution is -2.14. The van der Waals surface area contributed by atoms with E-state index in [-0.39, 0.29) is 5.91 Å². The first-order valence-electron chi connectivity index (χ1n) is 7.05. The van der Waals surface area contributed by atoms with Gasteiger partial charge < -0.3 is 0 Å². The van der Waals surface area contributed by atoms with Crippen LogP contribution in [0, 0.1) is 0 Å². The van der Waals surface area contributed by atoms with Gasteiger partial charge in [-0.15, -0.1) is 11.8 Å². The predicted octanol–water partition coefficient (Wildman–Crippen LogP) is 4.45. The predicted molar refractivity (Wildman–Crippen MR) is 92.2 cm³/mol. The van der Waals surface area contributed by atoms with Crippen LogP contribution in [0.15, 0.2) is 53.6 Å². The summed E-state index contributed by atoms with van der Waals surface area (Å²) in [5.74, 6) is 1.09. The summed E-state index contributed by atoms with van der Waals surface area (Å²) in [6, 6.07) is 9.13. The molecule has 0 saturated heterocycles. The maximum absolute atomic E-state index is 12.2. The number of nitrogens with zero attached hydrogens (tertiary/aromatic N) is 2. The first-order valence-corrected chi connectivity index (χ1v) is 8.41. The maximum atomic E-state index is 12.2. The highest BCUT2D eigenvalue weighted by atomic mass is 35.5. The van der Waals surface area contributed by atoms with Crippen LogP contribution in [0.2, 0.25) is 5.02 Å². The number of carbonyl (C=O) groups excluding carboxylic acids is 1. The minimum absolute atomic E-state index is 0.0589. The van der Waals surface area contributed by atoms with Crippen molar-refractivity contribution >= 4 is 35.3 Å². The number of carbonyl (C=O) groups is 1. The van der Waals surface area contributed by atoms with E-state index in [9.17, 15) is 4.79 Å². The number of benzene rings is 1. The van der Waals surface area contributed by atoms with Gasteiger partial charge in [-0.1, -0.05) is 29.8 Å². The van der Waals surface area contributed by atoms with Gasteiger partial charge in [0, 0.05) is 21.9 Å². The van der Waals surface area contributed by atoms with Gasteiger partial charge in [0.2, 0.25) is 0 Å². The topological polar surface area (TPSA) is 34.9 Å². The molecular formula is C17H15ClN2OS. The zero-order chi connectivity index (χ0) is 15.4. The molecule has 2 aromatic rings. The summed E-state index contributed by atoms with van der Waals surface area (Å²) in [7, 11) is 0.